The van der Waals surface area contributed by atoms with Gasteiger partial charge in [0.1, 0.15) is 17.5 Å². The number of aliphatic hydroxyl groups is 1. The third-order valence-corrected chi connectivity index (χ3v) is 8.73. The van der Waals surface area contributed by atoms with E-state index in [1.54, 1.807) is 19.4 Å². The molecule has 0 amide bonds. The van der Waals surface area contributed by atoms with Gasteiger partial charge in [-0.3, -0.25) is 0 Å². The molecular weight excluding hydrogens is 492 g/mol. The van der Waals surface area contributed by atoms with Crippen LogP contribution in [0.3, 0.4) is 0 Å². The second kappa shape index (κ2) is 10.4. The van der Waals surface area contributed by atoms with Gasteiger partial charge in [-0.15, -0.1) is 0 Å². The average Bonchev–Trinajstić information content (AvgIpc) is 2.87. The van der Waals surface area contributed by atoms with E-state index in [-0.39, 0.29) is 23.7 Å². The van der Waals surface area contributed by atoms with Crippen molar-refractivity contribution in [1.82, 2.24) is 15.0 Å². The highest BCUT2D eigenvalue weighted by Crippen LogP contribution is 2.35. The zero-order chi connectivity index (χ0) is 26.2. The number of β-amino-alcohol motifs (C(OH)–C–C–N with tert-alkyl or cyclic N) is 1. The van der Waals surface area contributed by atoms with Crippen LogP contribution in [-0.4, -0.2) is 79.1 Å². The fourth-order valence-corrected chi connectivity index (χ4v) is 6.64. The van der Waals surface area contributed by atoms with Gasteiger partial charge in [-0.1, -0.05) is 19.9 Å². The first-order valence-corrected chi connectivity index (χ1v) is 14.5. The van der Waals surface area contributed by atoms with Crippen LogP contribution in [0.1, 0.15) is 38.2 Å². The lowest BCUT2D eigenvalue weighted by Crippen LogP contribution is -2.48. The summed E-state index contributed by atoms with van der Waals surface area (Å²) < 4.78 is 29.9. The molecule has 2 aliphatic heterocycles. The Kier molecular flexibility index (Phi) is 7.19. The number of aromatic nitrogens is 3. The van der Waals surface area contributed by atoms with E-state index in [1.165, 1.54) is 5.56 Å². The number of sulfone groups is 1. The van der Waals surface area contributed by atoms with E-state index in [4.69, 9.17) is 4.74 Å². The molecule has 2 N–H and O–H groups in total. The minimum absolute atomic E-state index is 0.0309. The van der Waals surface area contributed by atoms with Crippen molar-refractivity contribution in [2.45, 2.75) is 44.8 Å². The molecule has 1 aromatic carbocycles. The number of rotatable bonds is 6. The standard InChI is InChI=1S/C26H34N6O4S/c1-17(2)18-5-6-21(32-10-4-12-37(34,35)16-32)20-14-28-25(13-19(18)20)29-24-7-9-27-26(30-24)31-11-8-23(36-3)22(33)15-31/h5-7,9,13-14,17,22-23,33H,4,8,10-12,15-16H2,1-3H3,(H,27,28,29,30)/t22-,23+/m0/s1. The molecule has 0 bridgehead atoms. The Morgan fingerprint density at radius 1 is 1.11 bits per heavy atom. The summed E-state index contributed by atoms with van der Waals surface area (Å²) in [6.45, 7) is 6.09. The topological polar surface area (TPSA) is 121 Å². The summed E-state index contributed by atoms with van der Waals surface area (Å²) in [4.78, 5) is 17.6. The van der Waals surface area contributed by atoms with Gasteiger partial charge < -0.3 is 25.0 Å². The van der Waals surface area contributed by atoms with Crippen LogP contribution in [0.15, 0.2) is 36.7 Å². The number of piperidine rings is 1. The molecule has 0 aliphatic carbocycles. The molecule has 198 valence electrons. The van der Waals surface area contributed by atoms with Crippen molar-refractivity contribution >= 4 is 43.9 Å². The van der Waals surface area contributed by atoms with Crippen LogP contribution in [0.4, 0.5) is 23.3 Å². The smallest absolute Gasteiger partial charge is 0.227 e. The largest absolute Gasteiger partial charge is 0.389 e. The van der Waals surface area contributed by atoms with Gasteiger partial charge in [-0.2, -0.15) is 4.98 Å². The van der Waals surface area contributed by atoms with E-state index in [0.717, 1.165) is 16.5 Å². The third kappa shape index (κ3) is 5.48. The molecule has 3 aromatic rings. The predicted octanol–water partition coefficient (Wildman–Crippen LogP) is 3.06. The van der Waals surface area contributed by atoms with E-state index in [9.17, 15) is 13.5 Å². The molecule has 2 atom stereocenters. The quantitative estimate of drug-likeness (QED) is 0.496. The maximum absolute atomic E-state index is 12.3. The summed E-state index contributed by atoms with van der Waals surface area (Å²) in [7, 11) is -1.48. The first-order chi connectivity index (χ1) is 17.7. The second-order valence-corrected chi connectivity index (χ2v) is 12.2. The normalized spacial score (nSPS) is 22.0. The van der Waals surface area contributed by atoms with Crippen LogP contribution >= 0.6 is 0 Å². The van der Waals surface area contributed by atoms with Crippen molar-refractivity contribution in [2.24, 2.45) is 0 Å². The van der Waals surface area contributed by atoms with Crippen molar-refractivity contribution in [3.05, 3.63) is 42.2 Å². The Hall–Kier alpha value is -3.02. The maximum Gasteiger partial charge on any atom is 0.227 e. The molecule has 2 saturated heterocycles. The average molecular weight is 527 g/mol. The number of pyridine rings is 1. The molecule has 11 heteroatoms. The van der Waals surface area contributed by atoms with Crippen LogP contribution in [0, 0.1) is 0 Å². The summed E-state index contributed by atoms with van der Waals surface area (Å²) in [6.07, 6.45) is 4.05. The van der Waals surface area contributed by atoms with Crippen molar-refractivity contribution in [3.8, 4) is 0 Å². The summed E-state index contributed by atoms with van der Waals surface area (Å²) in [5.74, 6) is 2.33. The molecule has 0 radical (unpaired) electrons. The highest BCUT2D eigenvalue weighted by atomic mass is 32.2. The fraction of sp³-hybridized carbons (Fsp3) is 0.500. The number of aliphatic hydroxyl groups excluding tert-OH is 1. The second-order valence-electron chi connectivity index (χ2n) is 10.1. The Morgan fingerprint density at radius 2 is 1.95 bits per heavy atom. The van der Waals surface area contributed by atoms with Crippen LogP contribution in [0.25, 0.3) is 10.8 Å². The van der Waals surface area contributed by atoms with Gasteiger partial charge in [0.25, 0.3) is 0 Å². The van der Waals surface area contributed by atoms with E-state index < -0.39 is 15.9 Å². The Bertz CT molecular complexity index is 1380. The van der Waals surface area contributed by atoms with Gasteiger partial charge in [-0.05, 0) is 47.9 Å². The molecule has 5 rings (SSSR count). The van der Waals surface area contributed by atoms with Gasteiger partial charge in [0.15, 0.2) is 9.84 Å². The summed E-state index contributed by atoms with van der Waals surface area (Å²) in [5.41, 5.74) is 2.06. The molecule has 10 nitrogen and oxygen atoms in total. The van der Waals surface area contributed by atoms with Gasteiger partial charge in [0, 0.05) is 50.2 Å². The number of nitrogens with one attached hydrogen (secondary N) is 1. The van der Waals surface area contributed by atoms with Crippen LogP contribution in [0.5, 0.6) is 0 Å². The number of nitrogens with zero attached hydrogens (tertiary/aromatic N) is 5. The van der Waals surface area contributed by atoms with Gasteiger partial charge >= 0.3 is 0 Å². The van der Waals surface area contributed by atoms with E-state index in [1.807, 2.05) is 28.1 Å². The van der Waals surface area contributed by atoms with Crippen LogP contribution < -0.4 is 15.1 Å². The Labute approximate surface area is 217 Å². The number of anilines is 4. The molecule has 2 fully saturated rings. The highest BCUT2D eigenvalue weighted by molar-refractivity contribution is 7.91. The predicted molar refractivity (Wildman–Crippen MR) is 145 cm³/mol. The molecule has 0 unspecified atom stereocenters. The number of methoxy groups -OCH3 is 1. The Balaban J connectivity index is 1.43. The molecule has 2 aromatic heterocycles. The summed E-state index contributed by atoms with van der Waals surface area (Å²) in [5, 5.41) is 15.6. The van der Waals surface area contributed by atoms with Crippen molar-refractivity contribution in [2.75, 3.05) is 53.5 Å². The van der Waals surface area contributed by atoms with Gasteiger partial charge in [0.2, 0.25) is 5.95 Å². The number of hydrogen-bond acceptors (Lipinski definition) is 10. The lowest BCUT2D eigenvalue weighted by Gasteiger charge is -2.35. The van der Waals surface area contributed by atoms with Crippen LogP contribution in [0.2, 0.25) is 0 Å². The third-order valence-electron chi connectivity index (χ3n) is 7.12. The number of benzene rings is 1. The lowest BCUT2D eigenvalue weighted by molar-refractivity contribution is -0.0219. The summed E-state index contributed by atoms with van der Waals surface area (Å²) >= 11 is 0. The maximum atomic E-state index is 12.3. The number of hydrogen-bond donors (Lipinski definition) is 2. The molecule has 4 heterocycles. The van der Waals surface area contributed by atoms with E-state index in [0.29, 0.717) is 50.1 Å². The van der Waals surface area contributed by atoms with Crippen LogP contribution in [-0.2, 0) is 14.6 Å². The zero-order valence-electron chi connectivity index (χ0n) is 21.5. The Morgan fingerprint density at radius 3 is 2.68 bits per heavy atom. The highest BCUT2D eigenvalue weighted by Gasteiger charge is 2.29. The molecular formula is C26H34N6O4S. The molecule has 0 spiro atoms. The SMILES string of the molecule is CO[C@@H]1CCN(c2nccc(Nc3cc4c(C(C)C)ccc(N5CCCS(=O)(=O)C5)c4cn3)n2)C[C@@H]1O. The minimum atomic E-state index is -3.09. The molecule has 37 heavy (non-hydrogen) atoms. The number of ether oxygens (including phenoxy) is 1. The van der Waals surface area contributed by atoms with E-state index >= 15 is 0 Å². The first kappa shape index (κ1) is 25.6. The monoisotopic (exact) mass is 526 g/mol. The van der Waals surface area contributed by atoms with Crippen molar-refractivity contribution in [3.63, 3.8) is 0 Å². The molecule has 2 aliphatic rings. The van der Waals surface area contributed by atoms with Crippen molar-refractivity contribution in [1.29, 1.82) is 0 Å². The zero-order valence-corrected chi connectivity index (χ0v) is 22.3. The van der Waals surface area contributed by atoms with Gasteiger partial charge in [0.05, 0.1) is 18.0 Å². The minimum Gasteiger partial charge on any atom is -0.389 e. The van der Waals surface area contributed by atoms with Crippen molar-refractivity contribution < 1.29 is 18.3 Å². The summed E-state index contributed by atoms with van der Waals surface area (Å²) in [6, 6.07) is 7.89. The lowest BCUT2D eigenvalue weighted by atomic mass is 9.95. The van der Waals surface area contributed by atoms with Gasteiger partial charge in [-0.25, -0.2) is 18.4 Å². The first-order valence-electron chi connectivity index (χ1n) is 12.7. The molecule has 0 saturated carbocycles. The van der Waals surface area contributed by atoms with E-state index in [2.05, 4.69) is 40.2 Å². The number of fused-ring (bicyclic) bond motifs is 1. The fourth-order valence-electron chi connectivity index (χ4n) is 5.19.